The molecule has 2 bridgehead atoms. The molecule has 1 unspecified atom stereocenters. The summed E-state index contributed by atoms with van der Waals surface area (Å²) in [6.07, 6.45) is 10.4. The summed E-state index contributed by atoms with van der Waals surface area (Å²) in [5.41, 5.74) is 2.55. The molecule has 4 heterocycles. The number of amides is 1. The van der Waals surface area contributed by atoms with E-state index >= 15 is 0 Å². The highest BCUT2D eigenvalue weighted by molar-refractivity contribution is 5.77. The lowest BCUT2D eigenvalue weighted by Gasteiger charge is -2.45. The van der Waals surface area contributed by atoms with Gasteiger partial charge in [-0.25, -0.2) is 4.39 Å². The molecular weight excluding hydrogens is 363 g/mol. The maximum Gasteiger partial charge on any atom is 0.223 e. The van der Waals surface area contributed by atoms with Crippen molar-refractivity contribution in [2.45, 2.75) is 32.6 Å². The van der Waals surface area contributed by atoms with Gasteiger partial charge in [-0.15, -0.1) is 0 Å². The van der Waals surface area contributed by atoms with Gasteiger partial charge in [0.2, 0.25) is 5.91 Å². The van der Waals surface area contributed by atoms with Crippen molar-refractivity contribution >= 4 is 5.91 Å². The zero-order chi connectivity index (χ0) is 20.6. The molecule has 4 heteroatoms. The molecular formula is C25H33FN2O. The van der Waals surface area contributed by atoms with Crippen LogP contribution in [0.15, 0.2) is 66.3 Å². The van der Waals surface area contributed by atoms with Crippen LogP contribution in [0.4, 0.5) is 4.39 Å². The van der Waals surface area contributed by atoms with E-state index in [4.69, 9.17) is 0 Å². The Morgan fingerprint density at radius 2 is 1.90 bits per heavy atom. The van der Waals surface area contributed by atoms with Gasteiger partial charge in [0.15, 0.2) is 0 Å². The molecule has 1 atom stereocenters. The Hall–Kier alpha value is -2.20. The molecule has 0 radical (unpaired) electrons. The van der Waals surface area contributed by atoms with Crippen LogP contribution < -0.4 is 0 Å². The van der Waals surface area contributed by atoms with Crippen LogP contribution in [0, 0.1) is 17.7 Å². The Morgan fingerprint density at radius 1 is 1.17 bits per heavy atom. The second-order valence-corrected chi connectivity index (χ2v) is 8.22. The van der Waals surface area contributed by atoms with Crippen molar-refractivity contribution in [1.82, 2.24) is 9.80 Å². The van der Waals surface area contributed by atoms with Gasteiger partial charge in [-0.05, 0) is 74.4 Å². The smallest absolute Gasteiger partial charge is 0.223 e. The first kappa shape index (κ1) is 21.5. The molecule has 4 aliphatic rings. The van der Waals surface area contributed by atoms with E-state index in [-0.39, 0.29) is 5.82 Å². The number of hydrogen-bond donors (Lipinski definition) is 0. The Balaban J connectivity index is 0.000000290. The standard InChI is InChI=1S/C19H28N2O.C6H5F/c1-3-5-17-14-21(11-8-15(17)4-2)19(22)12-18-13-20-9-6-16(18)7-10-20;7-6-4-2-1-3-5-6/h3-5,16,18H,2,6-14H2,1H3;1-5H/b5-3-;. The summed E-state index contributed by atoms with van der Waals surface area (Å²) in [6.45, 7) is 11.2. The van der Waals surface area contributed by atoms with Gasteiger partial charge in [-0.3, -0.25) is 4.79 Å². The summed E-state index contributed by atoms with van der Waals surface area (Å²) in [5, 5.41) is 0. The Labute approximate surface area is 174 Å². The lowest BCUT2D eigenvalue weighted by molar-refractivity contribution is -0.133. The fourth-order valence-corrected chi connectivity index (χ4v) is 4.70. The first-order chi connectivity index (χ1) is 14.1. The second kappa shape index (κ2) is 10.5. The van der Waals surface area contributed by atoms with Gasteiger partial charge in [-0.2, -0.15) is 0 Å². The molecule has 4 aliphatic heterocycles. The van der Waals surface area contributed by atoms with Gasteiger partial charge in [0.05, 0.1) is 0 Å². The van der Waals surface area contributed by atoms with Gasteiger partial charge in [0.1, 0.15) is 5.82 Å². The third-order valence-electron chi connectivity index (χ3n) is 6.35. The minimum absolute atomic E-state index is 0.178. The van der Waals surface area contributed by atoms with E-state index < -0.39 is 0 Å². The van der Waals surface area contributed by atoms with Crippen molar-refractivity contribution in [2.75, 3.05) is 32.7 Å². The molecule has 1 aromatic rings. The average molecular weight is 397 g/mol. The summed E-state index contributed by atoms with van der Waals surface area (Å²) < 4.78 is 11.9. The van der Waals surface area contributed by atoms with Gasteiger partial charge in [0.25, 0.3) is 0 Å². The summed E-state index contributed by atoms with van der Waals surface area (Å²) in [4.78, 5) is 17.3. The molecule has 0 saturated carbocycles. The zero-order valence-corrected chi connectivity index (χ0v) is 17.5. The minimum Gasteiger partial charge on any atom is -0.338 e. The molecule has 29 heavy (non-hydrogen) atoms. The number of hydrogen-bond acceptors (Lipinski definition) is 2. The largest absolute Gasteiger partial charge is 0.338 e. The van der Waals surface area contributed by atoms with E-state index in [9.17, 15) is 9.18 Å². The van der Waals surface area contributed by atoms with Gasteiger partial charge in [-0.1, -0.05) is 43.0 Å². The Morgan fingerprint density at radius 3 is 2.41 bits per heavy atom. The van der Waals surface area contributed by atoms with Gasteiger partial charge in [0, 0.05) is 26.1 Å². The summed E-state index contributed by atoms with van der Waals surface area (Å²) in [7, 11) is 0. The Kier molecular flexibility index (Phi) is 7.82. The highest BCUT2D eigenvalue weighted by Crippen LogP contribution is 2.35. The number of halogens is 1. The number of benzene rings is 1. The van der Waals surface area contributed by atoms with Gasteiger partial charge >= 0.3 is 0 Å². The molecule has 3 fully saturated rings. The van der Waals surface area contributed by atoms with Gasteiger partial charge < -0.3 is 9.80 Å². The van der Waals surface area contributed by atoms with E-state index in [0.717, 1.165) is 38.4 Å². The number of allylic oxidation sites excluding steroid dienone is 2. The molecule has 1 amide bonds. The third kappa shape index (κ3) is 5.89. The monoisotopic (exact) mass is 396 g/mol. The van der Waals surface area contributed by atoms with Crippen molar-refractivity contribution in [3.63, 3.8) is 0 Å². The van der Waals surface area contributed by atoms with Crippen molar-refractivity contribution in [1.29, 1.82) is 0 Å². The summed E-state index contributed by atoms with van der Waals surface area (Å²) in [6, 6.07) is 7.94. The molecule has 5 rings (SSSR count). The van der Waals surface area contributed by atoms with Crippen molar-refractivity contribution in [3.8, 4) is 0 Å². The topological polar surface area (TPSA) is 23.6 Å². The van der Waals surface area contributed by atoms with Crippen molar-refractivity contribution in [2.24, 2.45) is 11.8 Å². The van der Waals surface area contributed by atoms with Crippen LogP contribution in [0.25, 0.3) is 0 Å². The van der Waals surface area contributed by atoms with E-state index in [1.165, 1.54) is 49.2 Å². The molecule has 1 aromatic carbocycles. The molecule has 0 spiro atoms. The molecule has 0 aliphatic carbocycles. The minimum atomic E-state index is -0.178. The van der Waals surface area contributed by atoms with E-state index in [2.05, 4.69) is 28.5 Å². The summed E-state index contributed by atoms with van der Waals surface area (Å²) >= 11 is 0. The lowest BCUT2D eigenvalue weighted by Crippen LogP contribution is -2.49. The quantitative estimate of drug-likeness (QED) is 0.727. The SMILES string of the molecule is C=CC1=C(/C=C\C)CN(C(=O)CC2CN3CCC2CC3)CC1.Fc1ccccc1. The number of carbonyl (C=O) groups excluding carboxylic acids is 1. The highest BCUT2D eigenvalue weighted by Gasteiger charge is 2.36. The van der Waals surface area contributed by atoms with E-state index in [0.29, 0.717) is 11.8 Å². The predicted molar refractivity (Wildman–Crippen MR) is 117 cm³/mol. The third-order valence-corrected chi connectivity index (χ3v) is 6.35. The first-order valence-corrected chi connectivity index (χ1v) is 10.8. The van der Waals surface area contributed by atoms with Crippen molar-refractivity contribution in [3.05, 3.63) is 72.1 Å². The molecule has 156 valence electrons. The van der Waals surface area contributed by atoms with Crippen LogP contribution in [0.2, 0.25) is 0 Å². The number of rotatable bonds is 4. The van der Waals surface area contributed by atoms with Crippen molar-refractivity contribution < 1.29 is 9.18 Å². The number of piperidine rings is 3. The van der Waals surface area contributed by atoms with E-state index in [1.807, 2.05) is 13.0 Å². The fraction of sp³-hybridized carbons (Fsp3) is 0.480. The fourth-order valence-electron chi connectivity index (χ4n) is 4.70. The molecule has 3 saturated heterocycles. The molecule has 0 N–H and O–H groups in total. The molecule has 0 aromatic heterocycles. The van der Waals surface area contributed by atoms with Crippen LogP contribution in [-0.4, -0.2) is 48.4 Å². The number of fused-ring (bicyclic) bond motifs is 3. The average Bonchev–Trinajstić information content (AvgIpc) is 2.76. The van der Waals surface area contributed by atoms with Crippen LogP contribution in [0.1, 0.15) is 32.6 Å². The Bertz CT molecular complexity index is 747. The normalized spacial score (nSPS) is 26.3. The molecule has 3 nitrogen and oxygen atoms in total. The maximum absolute atomic E-state index is 12.7. The number of nitrogens with zero attached hydrogens (tertiary/aromatic N) is 2. The zero-order valence-electron chi connectivity index (χ0n) is 17.5. The summed E-state index contributed by atoms with van der Waals surface area (Å²) in [5.74, 6) is 1.55. The van der Waals surface area contributed by atoms with Crippen LogP contribution in [-0.2, 0) is 4.79 Å². The lowest BCUT2D eigenvalue weighted by atomic mass is 9.77. The van der Waals surface area contributed by atoms with Crippen LogP contribution in [0.3, 0.4) is 0 Å². The highest BCUT2D eigenvalue weighted by atomic mass is 19.1. The second-order valence-electron chi connectivity index (χ2n) is 8.22. The predicted octanol–water partition coefficient (Wildman–Crippen LogP) is 4.84. The first-order valence-electron chi connectivity index (χ1n) is 10.8. The van der Waals surface area contributed by atoms with Crippen LogP contribution >= 0.6 is 0 Å². The van der Waals surface area contributed by atoms with Crippen LogP contribution in [0.5, 0.6) is 0 Å². The van der Waals surface area contributed by atoms with E-state index in [1.54, 1.807) is 18.2 Å². The number of carbonyl (C=O) groups is 1. The maximum atomic E-state index is 12.7.